The lowest BCUT2D eigenvalue weighted by Gasteiger charge is -2.32. The molecular weight excluding hydrogens is 308 g/mol. The van der Waals surface area contributed by atoms with Crippen LogP contribution in [0.5, 0.6) is 11.5 Å². The molecule has 0 aromatic heterocycles. The van der Waals surface area contributed by atoms with E-state index in [1.54, 1.807) is 36.1 Å². The third-order valence-electron chi connectivity index (χ3n) is 3.77. The van der Waals surface area contributed by atoms with Gasteiger partial charge in [-0.25, -0.2) is 0 Å². The van der Waals surface area contributed by atoms with Gasteiger partial charge in [-0.3, -0.25) is 9.59 Å². The number of phenolic OH excluding ortho intramolecular Hbond substituents is 1. The molecule has 0 bridgehead atoms. The van der Waals surface area contributed by atoms with Gasteiger partial charge in [-0.15, -0.1) is 0 Å². The summed E-state index contributed by atoms with van der Waals surface area (Å²) in [4.78, 5) is 26.0. The van der Waals surface area contributed by atoms with E-state index in [-0.39, 0.29) is 30.5 Å². The molecule has 0 fully saturated rings. The zero-order chi connectivity index (χ0) is 17.1. The number of phenols is 1. The molecule has 0 spiro atoms. The third kappa shape index (κ3) is 3.32. The number of carbonyl (C=O) groups is 2. The van der Waals surface area contributed by atoms with Crippen LogP contribution >= 0.6 is 0 Å². The predicted octanol–water partition coefficient (Wildman–Crippen LogP) is 2.53. The molecule has 2 N–H and O–H groups in total. The summed E-state index contributed by atoms with van der Waals surface area (Å²) in [6.07, 6.45) is -0.434. The molecule has 24 heavy (non-hydrogen) atoms. The summed E-state index contributed by atoms with van der Waals surface area (Å²) in [5, 5.41) is 12.1. The van der Waals surface area contributed by atoms with Gasteiger partial charge in [0.1, 0.15) is 11.5 Å². The molecule has 1 aliphatic heterocycles. The van der Waals surface area contributed by atoms with Crippen LogP contribution in [-0.4, -0.2) is 29.6 Å². The van der Waals surface area contributed by atoms with Crippen LogP contribution in [0.2, 0.25) is 0 Å². The Bertz CT molecular complexity index is 775. The van der Waals surface area contributed by atoms with E-state index in [4.69, 9.17) is 4.74 Å². The van der Waals surface area contributed by atoms with Crippen molar-refractivity contribution in [1.29, 1.82) is 0 Å². The van der Waals surface area contributed by atoms with E-state index in [1.807, 2.05) is 12.1 Å². The molecule has 1 aliphatic rings. The number of hydrogen-bond donors (Lipinski definition) is 2. The van der Waals surface area contributed by atoms with E-state index < -0.39 is 6.10 Å². The number of benzene rings is 2. The second kappa shape index (κ2) is 6.62. The Morgan fingerprint density at radius 3 is 2.83 bits per heavy atom. The molecule has 0 saturated heterocycles. The minimum Gasteiger partial charge on any atom is -0.508 e. The smallest absolute Gasteiger partial charge is 0.267 e. The first-order chi connectivity index (χ1) is 11.5. The minimum atomic E-state index is -0.575. The number of aromatic hydroxyl groups is 1. The number of carbonyl (C=O) groups excluding carboxylic acids is 2. The number of para-hydroxylation sites is 2. The first kappa shape index (κ1) is 15.9. The number of ether oxygens (including phenoxy) is 1. The Labute approximate surface area is 139 Å². The first-order valence-corrected chi connectivity index (χ1v) is 7.70. The van der Waals surface area contributed by atoms with Crippen molar-refractivity contribution in [2.45, 2.75) is 19.4 Å². The molecule has 6 nitrogen and oxygen atoms in total. The Kier molecular flexibility index (Phi) is 4.37. The summed E-state index contributed by atoms with van der Waals surface area (Å²) in [5.41, 5.74) is 1.19. The number of amides is 2. The number of fused-ring (bicyclic) bond motifs is 1. The van der Waals surface area contributed by atoms with Crippen LogP contribution in [0.3, 0.4) is 0 Å². The Morgan fingerprint density at radius 2 is 2.04 bits per heavy atom. The van der Waals surface area contributed by atoms with Gasteiger partial charge >= 0.3 is 0 Å². The third-order valence-corrected chi connectivity index (χ3v) is 3.77. The van der Waals surface area contributed by atoms with E-state index in [0.717, 1.165) is 0 Å². The lowest BCUT2D eigenvalue weighted by Crippen LogP contribution is -2.45. The van der Waals surface area contributed by atoms with Crippen molar-refractivity contribution in [1.82, 2.24) is 0 Å². The van der Waals surface area contributed by atoms with Gasteiger partial charge in [-0.2, -0.15) is 0 Å². The molecule has 0 saturated carbocycles. The van der Waals surface area contributed by atoms with Crippen LogP contribution in [0.25, 0.3) is 0 Å². The average molecular weight is 326 g/mol. The highest BCUT2D eigenvalue weighted by atomic mass is 16.5. The fourth-order valence-electron chi connectivity index (χ4n) is 2.61. The van der Waals surface area contributed by atoms with Gasteiger partial charge in [-0.05, 0) is 31.2 Å². The van der Waals surface area contributed by atoms with Crippen molar-refractivity contribution in [3.63, 3.8) is 0 Å². The average Bonchev–Trinajstić information content (AvgIpc) is 2.55. The lowest BCUT2D eigenvalue weighted by atomic mass is 10.1. The second-order valence-electron chi connectivity index (χ2n) is 5.57. The highest BCUT2D eigenvalue weighted by molar-refractivity contribution is 6.00. The van der Waals surface area contributed by atoms with Crippen LogP contribution in [0, 0.1) is 0 Å². The van der Waals surface area contributed by atoms with Crippen molar-refractivity contribution in [3.05, 3.63) is 48.5 Å². The number of rotatable bonds is 4. The monoisotopic (exact) mass is 326 g/mol. The van der Waals surface area contributed by atoms with Crippen molar-refractivity contribution < 1.29 is 19.4 Å². The summed E-state index contributed by atoms with van der Waals surface area (Å²) in [6.45, 7) is 1.95. The second-order valence-corrected chi connectivity index (χ2v) is 5.57. The summed E-state index contributed by atoms with van der Waals surface area (Å²) < 4.78 is 5.57. The van der Waals surface area contributed by atoms with Gasteiger partial charge in [0.2, 0.25) is 5.91 Å². The molecule has 0 radical (unpaired) electrons. The number of nitrogens with one attached hydrogen (secondary N) is 1. The summed E-state index contributed by atoms with van der Waals surface area (Å²) in [5.74, 6) is 0.320. The number of anilines is 2. The fraction of sp³-hybridized carbons (Fsp3) is 0.222. The highest BCUT2D eigenvalue weighted by Gasteiger charge is 2.31. The van der Waals surface area contributed by atoms with Crippen molar-refractivity contribution in [3.8, 4) is 11.5 Å². The normalized spacial score (nSPS) is 16.3. The predicted molar refractivity (Wildman–Crippen MR) is 90.2 cm³/mol. The zero-order valence-electron chi connectivity index (χ0n) is 13.2. The quantitative estimate of drug-likeness (QED) is 0.905. The van der Waals surface area contributed by atoms with E-state index in [9.17, 15) is 14.7 Å². The van der Waals surface area contributed by atoms with Crippen molar-refractivity contribution in [2.24, 2.45) is 0 Å². The molecule has 3 rings (SSSR count). The van der Waals surface area contributed by atoms with Gasteiger partial charge in [0.25, 0.3) is 5.91 Å². The SMILES string of the molecule is C[C@H]1Oc2ccccc2N(CCC(=O)Nc2cccc(O)c2)C1=O. The summed E-state index contributed by atoms with van der Waals surface area (Å²) >= 11 is 0. The van der Waals surface area contributed by atoms with E-state index in [0.29, 0.717) is 17.1 Å². The molecule has 2 amide bonds. The van der Waals surface area contributed by atoms with Crippen LogP contribution in [0.15, 0.2) is 48.5 Å². The Morgan fingerprint density at radius 1 is 1.25 bits per heavy atom. The van der Waals surface area contributed by atoms with Crippen LogP contribution in [0.1, 0.15) is 13.3 Å². The van der Waals surface area contributed by atoms with E-state index in [1.165, 1.54) is 12.1 Å². The van der Waals surface area contributed by atoms with E-state index in [2.05, 4.69) is 5.32 Å². The van der Waals surface area contributed by atoms with E-state index >= 15 is 0 Å². The molecule has 2 aromatic carbocycles. The molecule has 6 heteroatoms. The zero-order valence-corrected chi connectivity index (χ0v) is 13.2. The maximum atomic E-state index is 12.3. The molecule has 0 aliphatic carbocycles. The maximum absolute atomic E-state index is 12.3. The number of hydrogen-bond acceptors (Lipinski definition) is 4. The molecular formula is C18H18N2O4. The van der Waals surface area contributed by atoms with Crippen LogP contribution in [-0.2, 0) is 9.59 Å². The standard InChI is InChI=1S/C18H18N2O4/c1-12-18(23)20(15-7-2-3-8-16(15)24-12)10-9-17(22)19-13-5-4-6-14(21)11-13/h2-8,11-12,21H,9-10H2,1H3,(H,19,22)/t12-/m1/s1. The molecule has 1 atom stereocenters. The van der Waals surface area contributed by atoms with Crippen molar-refractivity contribution >= 4 is 23.2 Å². The van der Waals surface area contributed by atoms with Gasteiger partial charge in [0.15, 0.2) is 6.10 Å². The van der Waals surface area contributed by atoms with Crippen LogP contribution < -0.4 is 15.0 Å². The Balaban J connectivity index is 1.67. The molecule has 124 valence electrons. The van der Waals surface area contributed by atoms with Crippen molar-refractivity contribution in [2.75, 3.05) is 16.8 Å². The maximum Gasteiger partial charge on any atom is 0.267 e. The largest absolute Gasteiger partial charge is 0.508 e. The number of nitrogens with zero attached hydrogens (tertiary/aromatic N) is 1. The highest BCUT2D eigenvalue weighted by Crippen LogP contribution is 2.33. The first-order valence-electron chi connectivity index (χ1n) is 7.70. The summed E-state index contributed by atoms with van der Waals surface area (Å²) in [7, 11) is 0. The van der Waals surface area contributed by atoms with Gasteiger partial charge in [0, 0.05) is 24.7 Å². The topological polar surface area (TPSA) is 78.9 Å². The molecule has 0 unspecified atom stereocenters. The molecule has 2 aromatic rings. The minimum absolute atomic E-state index is 0.0823. The Hall–Kier alpha value is -3.02. The lowest BCUT2D eigenvalue weighted by molar-refractivity contribution is -0.125. The van der Waals surface area contributed by atoms with Gasteiger partial charge in [0.05, 0.1) is 5.69 Å². The van der Waals surface area contributed by atoms with Gasteiger partial charge < -0.3 is 20.1 Å². The molecule has 1 heterocycles. The fourth-order valence-corrected chi connectivity index (χ4v) is 2.61. The van der Waals surface area contributed by atoms with Gasteiger partial charge in [-0.1, -0.05) is 18.2 Å². The van der Waals surface area contributed by atoms with Crippen LogP contribution in [0.4, 0.5) is 11.4 Å². The summed E-state index contributed by atoms with van der Waals surface area (Å²) in [6, 6.07) is 13.6.